The van der Waals surface area contributed by atoms with Gasteiger partial charge in [0.1, 0.15) is 17.4 Å². The number of amides is 1. The topological polar surface area (TPSA) is 55.1 Å². The molecular formula is C13H13FN2O2. The first-order valence-corrected chi connectivity index (χ1v) is 5.60. The fourth-order valence-corrected chi connectivity index (χ4v) is 1.52. The minimum absolute atomic E-state index is 0.175. The second-order valence-electron chi connectivity index (χ2n) is 4.04. The van der Waals surface area contributed by atoms with Crippen molar-refractivity contribution >= 4 is 11.7 Å². The van der Waals surface area contributed by atoms with E-state index in [0.717, 1.165) is 12.0 Å². The van der Waals surface area contributed by atoms with Crippen LogP contribution in [0.15, 0.2) is 41.1 Å². The SMILES string of the molecule is CC(Cc1ccco1)C(=O)Nc1ccc(F)cn1. The van der Waals surface area contributed by atoms with Crippen LogP contribution in [0.1, 0.15) is 12.7 Å². The highest BCUT2D eigenvalue weighted by molar-refractivity contribution is 5.91. The number of carbonyl (C=O) groups excluding carboxylic acids is 1. The molecule has 0 aliphatic heterocycles. The van der Waals surface area contributed by atoms with Gasteiger partial charge in [-0.15, -0.1) is 0 Å². The molecule has 1 unspecified atom stereocenters. The first-order valence-electron chi connectivity index (χ1n) is 5.60. The summed E-state index contributed by atoms with van der Waals surface area (Å²) in [6.07, 6.45) is 3.15. The third-order valence-electron chi connectivity index (χ3n) is 2.51. The minimum Gasteiger partial charge on any atom is -0.469 e. The van der Waals surface area contributed by atoms with Crippen molar-refractivity contribution in [2.75, 3.05) is 5.32 Å². The molecule has 1 N–H and O–H groups in total. The standard InChI is InChI=1S/C13H13FN2O2/c1-9(7-11-3-2-6-18-11)13(17)16-12-5-4-10(14)8-15-12/h2-6,8-9H,7H2,1H3,(H,15,16,17). The Morgan fingerprint density at radius 3 is 2.94 bits per heavy atom. The summed E-state index contributed by atoms with van der Waals surface area (Å²) >= 11 is 0. The molecule has 2 aromatic rings. The summed E-state index contributed by atoms with van der Waals surface area (Å²) < 4.78 is 17.8. The molecule has 0 aliphatic carbocycles. The summed E-state index contributed by atoms with van der Waals surface area (Å²) in [5, 5.41) is 2.62. The van der Waals surface area contributed by atoms with Gasteiger partial charge in [0.2, 0.25) is 5.91 Å². The van der Waals surface area contributed by atoms with Crippen LogP contribution >= 0.6 is 0 Å². The lowest BCUT2D eigenvalue weighted by molar-refractivity contribution is -0.119. The Labute approximate surface area is 104 Å². The summed E-state index contributed by atoms with van der Waals surface area (Å²) in [4.78, 5) is 15.6. The molecule has 0 bridgehead atoms. The van der Waals surface area contributed by atoms with Gasteiger partial charge in [-0.3, -0.25) is 4.79 Å². The number of hydrogen-bond acceptors (Lipinski definition) is 3. The first kappa shape index (κ1) is 12.3. The van der Waals surface area contributed by atoms with Gasteiger partial charge >= 0.3 is 0 Å². The lowest BCUT2D eigenvalue weighted by Gasteiger charge is -2.10. The van der Waals surface area contributed by atoms with Gasteiger partial charge in [-0.1, -0.05) is 6.92 Å². The van der Waals surface area contributed by atoms with Gasteiger partial charge < -0.3 is 9.73 Å². The summed E-state index contributed by atoms with van der Waals surface area (Å²) in [5.74, 6) is 0.238. The van der Waals surface area contributed by atoms with E-state index >= 15 is 0 Å². The zero-order valence-electron chi connectivity index (χ0n) is 9.89. The molecule has 1 atom stereocenters. The number of anilines is 1. The van der Waals surface area contributed by atoms with Crippen LogP contribution in [0.5, 0.6) is 0 Å². The lowest BCUT2D eigenvalue weighted by atomic mass is 10.1. The maximum Gasteiger partial charge on any atom is 0.228 e. The van der Waals surface area contributed by atoms with E-state index in [0.29, 0.717) is 12.2 Å². The van der Waals surface area contributed by atoms with Crippen LogP contribution < -0.4 is 5.32 Å². The maximum absolute atomic E-state index is 12.6. The molecule has 0 radical (unpaired) electrons. The lowest BCUT2D eigenvalue weighted by Crippen LogP contribution is -2.22. The normalized spacial score (nSPS) is 12.1. The molecule has 2 rings (SSSR count). The second kappa shape index (κ2) is 5.44. The van der Waals surface area contributed by atoms with Crippen LogP contribution in [0.3, 0.4) is 0 Å². The van der Waals surface area contributed by atoms with Gasteiger partial charge in [-0.05, 0) is 24.3 Å². The number of aromatic nitrogens is 1. The van der Waals surface area contributed by atoms with Crippen molar-refractivity contribution in [2.24, 2.45) is 5.92 Å². The average Bonchev–Trinajstić information content (AvgIpc) is 2.85. The van der Waals surface area contributed by atoms with Crippen molar-refractivity contribution in [1.82, 2.24) is 4.98 Å². The van der Waals surface area contributed by atoms with Gasteiger partial charge in [0, 0.05) is 12.3 Å². The Kier molecular flexibility index (Phi) is 3.72. The van der Waals surface area contributed by atoms with Gasteiger partial charge in [-0.2, -0.15) is 0 Å². The number of furan rings is 1. The molecule has 0 saturated carbocycles. The van der Waals surface area contributed by atoms with Crippen LogP contribution in [0.25, 0.3) is 0 Å². The number of halogens is 1. The van der Waals surface area contributed by atoms with E-state index in [2.05, 4.69) is 10.3 Å². The Hall–Kier alpha value is -2.17. The third-order valence-corrected chi connectivity index (χ3v) is 2.51. The predicted octanol–water partition coefficient (Wildman–Crippen LogP) is 2.63. The van der Waals surface area contributed by atoms with Crippen LogP contribution in [0, 0.1) is 11.7 Å². The van der Waals surface area contributed by atoms with E-state index in [1.807, 2.05) is 6.07 Å². The quantitative estimate of drug-likeness (QED) is 0.904. The Balaban J connectivity index is 1.93. The Morgan fingerprint density at radius 1 is 1.50 bits per heavy atom. The molecule has 18 heavy (non-hydrogen) atoms. The number of nitrogens with zero attached hydrogens (tertiary/aromatic N) is 1. The summed E-state index contributed by atoms with van der Waals surface area (Å²) in [6.45, 7) is 1.79. The van der Waals surface area contributed by atoms with Gasteiger partial charge in [-0.25, -0.2) is 9.37 Å². The van der Waals surface area contributed by atoms with Crippen LogP contribution in [0.4, 0.5) is 10.2 Å². The number of pyridine rings is 1. The van der Waals surface area contributed by atoms with Crippen LogP contribution in [0.2, 0.25) is 0 Å². The first-order chi connectivity index (χ1) is 8.65. The summed E-state index contributed by atoms with van der Waals surface area (Å²) in [5.41, 5.74) is 0. The minimum atomic E-state index is -0.434. The molecule has 5 heteroatoms. The molecule has 0 spiro atoms. The van der Waals surface area contributed by atoms with Gasteiger partial charge in [0.05, 0.1) is 12.5 Å². The molecule has 0 fully saturated rings. The zero-order chi connectivity index (χ0) is 13.0. The summed E-state index contributed by atoms with van der Waals surface area (Å²) in [7, 11) is 0. The van der Waals surface area contributed by atoms with Crippen molar-refractivity contribution in [3.63, 3.8) is 0 Å². The van der Waals surface area contributed by atoms with E-state index in [1.54, 1.807) is 19.3 Å². The number of hydrogen-bond donors (Lipinski definition) is 1. The van der Waals surface area contributed by atoms with Crippen LogP contribution in [-0.4, -0.2) is 10.9 Å². The van der Waals surface area contributed by atoms with E-state index in [9.17, 15) is 9.18 Å². The van der Waals surface area contributed by atoms with Crippen molar-refractivity contribution in [2.45, 2.75) is 13.3 Å². The van der Waals surface area contributed by atoms with Gasteiger partial charge in [0.25, 0.3) is 0 Å². The second-order valence-corrected chi connectivity index (χ2v) is 4.04. The van der Waals surface area contributed by atoms with E-state index in [1.165, 1.54) is 12.1 Å². The molecule has 2 heterocycles. The van der Waals surface area contributed by atoms with Crippen molar-refractivity contribution < 1.29 is 13.6 Å². The average molecular weight is 248 g/mol. The molecule has 0 aliphatic rings. The van der Waals surface area contributed by atoms with Crippen LogP contribution in [-0.2, 0) is 11.2 Å². The number of rotatable bonds is 4. The zero-order valence-corrected chi connectivity index (χ0v) is 9.89. The smallest absolute Gasteiger partial charge is 0.228 e. The largest absolute Gasteiger partial charge is 0.469 e. The molecule has 0 aromatic carbocycles. The molecule has 1 amide bonds. The van der Waals surface area contributed by atoms with Crippen molar-refractivity contribution in [1.29, 1.82) is 0 Å². The highest BCUT2D eigenvalue weighted by atomic mass is 19.1. The van der Waals surface area contributed by atoms with Crippen molar-refractivity contribution in [3.8, 4) is 0 Å². The monoisotopic (exact) mass is 248 g/mol. The molecular weight excluding hydrogens is 235 g/mol. The van der Waals surface area contributed by atoms with Crippen molar-refractivity contribution in [3.05, 3.63) is 48.3 Å². The van der Waals surface area contributed by atoms with Gasteiger partial charge in [0.15, 0.2) is 0 Å². The third kappa shape index (κ3) is 3.16. The Morgan fingerprint density at radius 2 is 2.33 bits per heavy atom. The number of nitrogens with one attached hydrogen (secondary N) is 1. The fraction of sp³-hybridized carbons (Fsp3) is 0.231. The molecule has 2 aromatic heterocycles. The highest BCUT2D eigenvalue weighted by Crippen LogP contribution is 2.11. The van der Waals surface area contributed by atoms with E-state index in [-0.39, 0.29) is 11.8 Å². The maximum atomic E-state index is 12.6. The summed E-state index contributed by atoms with van der Waals surface area (Å²) in [6, 6.07) is 6.27. The molecule has 94 valence electrons. The molecule has 4 nitrogen and oxygen atoms in total. The highest BCUT2D eigenvalue weighted by Gasteiger charge is 2.15. The van der Waals surface area contributed by atoms with E-state index < -0.39 is 5.82 Å². The molecule has 0 saturated heterocycles. The Bertz CT molecular complexity index is 508. The predicted molar refractivity (Wildman–Crippen MR) is 64.4 cm³/mol. The number of carbonyl (C=O) groups is 1. The fourth-order valence-electron chi connectivity index (χ4n) is 1.52. The van der Waals surface area contributed by atoms with E-state index in [4.69, 9.17) is 4.42 Å².